The third kappa shape index (κ3) is 6.71. The molecular weight excluding hydrogens is 387 g/mol. The van der Waals surface area contributed by atoms with Gasteiger partial charge in [0, 0.05) is 32.7 Å². The molecular formula is C20H26N3OY-. The van der Waals surface area contributed by atoms with Crippen molar-refractivity contribution in [1.29, 1.82) is 0 Å². The average Bonchev–Trinajstić information content (AvgIpc) is 2.66. The SMILES string of the molecule is CC.CC.CCOc1cccc2ncnc(Nc3c[c-]ccc3)c12.[Y]. The Morgan fingerprint density at radius 3 is 2.44 bits per heavy atom. The van der Waals surface area contributed by atoms with Gasteiger partial charge in [-0.1, -0.05) is 39.4 Å². The standard InChI is InChI=1S/C16H14N3O.2C2H6.Y/c1-2-20-14-10-6-9-13-15(14)16(18-11-17-13)19-12-7-4-3-5-8-12;2*1-2;/h3-4,6-11H,2H2,1H3,(H,17,18,19);2*1-2H3;/q-1;;;. The van der Waals surface area contributed by atoms with Gasteiger partial charge >= 0.3 is 0 Å². The van der Waals surface area contributed by atoms with Crippen LogP contribution < -0.4 is 10.1 Å². The first-order valence-corrected chi connectivity index (χ1v) is 8.48. The maximum Gasteiger partial charge on any atom is 0.134 e. The van der Waals surface area contributed by atoms with Gasteiger partial charge in [-0.15, -0.1) is 6.07 Å². The summed E-state index contributed by atoms with van der Waals surface area (Å²) >= 11 is 0. The van der Waals surface area contributed by atoms with Crippen LogP contribution in [0.1, 0.15) is 34.6 Å². The molecule has 0 unspecified atom stereocenters. The van der Waals surface area contributed by atoms with Crippen molar-refractivity contribution in [2.45, 2.75) is 34.6 Å². The predicted molar refractivity (Wildman–Crippen MR) is 102 cm³/mol. The van der Waals surface area contributed by atoms with Crippen LogP contribution in [0.5, 0.6) is 5.75 Å². The first-order valence-electron chi connectivity index (χ1n) is 8.48. The normalized spacial score (nSPS) is 8.84. The monoisotopic (exact) mass is 413 g/mol. The van der Waals surface area contributed by atoms with E-state index in [4.69, 9.17) is 4.74 Å². The van der Waals surface area contributed by atoms with Crippen LogP contribution in [-0.2, 0) is 32.7 Å². The Labute approximate surface area is 176 Å². The van der Waals surface area contributed by atoms with Crippen molar-refractivity contribution in [3.8, 4) is 5.75 Å². The Morgan fingerprint density at radius 2 is 1.80 bits per heavy atom. The largest absolute Gasteiger partial charge is 0.493 e. The zero-order valence-corrected chi connectivity index (χ0v) is 18.5. The molecule has 2 aromatic carbocycles. The van der Waals surface area contributed by atoms with Gasteiger partial charge < -0.3 is 10.1 Å². The predicted octanol–water partition coefficient (Wildman–Crippen LogP) is 5.62. The molecule has 0 saturated carbocycles. The fraction of sp³-hybridized carbons (Fsp3) is 0.300. The molecule has 1 radical (unpaired) electrons. The summed E-state index contributed by atoms with van der Waals surface area (Å²) in [5.41, 5.74) is 1.78. The molecule has 4 nitrogen and oxygen atoms in total. The summed E-state index contributed by atoms with van der Waals surface area (Å²) in [5.74, 6) is 1.52. The van der Waals surface area contributed by atoms with E-state index in [0.29, 0.717) is 6.61 Å². The number of rotatable bonds is 4. The maximum atomic E-state index is 5.67. The van der Waals surface area contributed by atoms with Crippen molar-refractivity contribution in [3.63, 3.8) is 0 Å². The summed E-state index contributed by atoms with van der Waals surface area (Å²) in [6, 6.07) is 16.5. The van der Waals surface area contributed by atoms with Crippen molar-refractivity contribution in [2.75, 3.05) is 11.9 Å². The number of hydrogen-bond acceptors (Lipinski definition) is 4. The Bertz CT molecular complexity index is 715. The van der Waals surface area contributed by atoms with Crippen LogP contribution in [-0.4, -0.2) is 16.6 Å². The van der Waals surface area contributed by atoms with E-state index in [9.17, 15) is 0 Å². The van der Waals surface area contributed by atoms with E-state index < -0.39 is 0 Å². The Kier molecular flexibility index (Phi) is 12.9. The zero-order valence-electron chi connectivity index (χ0n) is 15.7. The molecule has 0 saturated heterocycles. The molecule has 0 amide bonds. The first-order chi connectivity index (χ1) is 11.9. The van der Waals surface area contributed by atoms with Crippen molar-refractivity contribution < 1.29 is 37.4 Å². The molecule has 1 heterocycles. The summed E-state index contributed by atoms with van der Waals surface area (Å²) in [5, 5.41) is 4.17. The second kappa shape index (κ2) is 13.7. The van der Waals surface area contributed by atoms with Gasteiger partial charge in [0.15, 0.2) is 0 Å². The number of hydrogen-bond donors (Lipinski definition) is 1. The van der Waals surface area contributed by atoms with Crippen LogP contribution in [0.2, 0.25) is 0 Å². The van der Waals surface area contributed by atoms with E-state index in [1.165, 1.54) is 0 Å². The van der Waals surface area contributed by atoms with Gasteiger partial charge in [-0.25, -0.2) is 9.97 Å². The summed E-state index contributed by atoms with van der Waals surface area (Å²) in [7, 11) is 0. The fourth-order valence-electron chi connectivity index (χ4n) is 2.06. The fourth-order valence-corrected chi connectivity index (χ4v) is 2.06. The van der Waals surface area contributed by atoms with E-state index in [0.717, 1.165) is 28.2 Å². The van der Waals surface area contributed by atoms with Crippen molar-refractivity contribution in [1.82, 2.24) is 9.97 Å². The molecule has 0 fully saturated rings. The maximum absolute atomic E-state index is 5.67. The minimum Gasteiger partial charge on any atom is -0.493 e. The minimum absolute atomic E-state index is 0. The first kappa shape index (κ1) is 23.5. The molecule has 1 aromatic heterocycles. The topological polar surface area (TPSA) is 47.0 Å². The molecule has 1 N–H and O–H groups in total. The van der Waals surface area contributed by atoms with Gasteiger partial charge in [0.1, 0.15) is 17.9 Å². The van der Waals surface area contributed by atoms with Gasteiger partial charge in [0.2, 0.25) is 0 Å². The minimum atomic E-state index is 0. The van der Waals surface area contributed by atoms with Crippen LogP contribution in [0.3, 0.4) is 0 Å². The van der Waals surface area contributed by atoms with Crippen LogP contribution in [0, 0.1) is 6.07 Å². The van der Waals surface area contributed by atoms with Crippen molar-refractivity contribution in [2.24, 2.45) is 0 Å². The van der Waals surface area contributed by atoms with E-state index in [-0.39, 0.29) is 32.7 Å². The molecule has 3 aromatic rings. The molecule has 0 atom stereocenters. The van der Waals surface area contributed by atoms with Crippen LogP contribution in [0.4, 0.5) is 11.5 Å². The van der Waals surface area contributed by atoms with Gasteiger partial charge in [-0.05, 0) is 19.1 Å². The Balaban J connectivity index is 0.00000108. The van der Waals surface area contributed by atoms with Crippen molar-refractivity contribution >= 4 is 22.4 Å². The summed E-state index contributed by atoms with van der Waals surface area (Å²) in [4.78, 5) is 8.62. The molecule has 3 rings (SSSR count). The average molecular weight is 413 g/mol. The van der Waals surface area contributed by atoms with Crippen LogP contribution >= 0.6 is 0 Å². The third-order valence-corrected chi connectivity index (χ3v) is 2.89. The van der Waals surface area contributed by atoms with Crippen LogP contribution in [0.25, 0.3) is 10.9 Å². The number of fused-ring (bicyclic) bond motifs is 1. The molecule has 0 bridgehead atoms. The molecule has 0 aliphatic rings. The molecule has 131 valence electrons. The van der Waals surface area contributed by atoms with Gasteiger partial charge in [-0.2, -0.15) is 24.3 Å². The van der Waals surface area contributed by atoms with Gasteiger partial charge in [0.25, 0.3) is 0 Å². The Morgan fingerprint density at radius 1 is 1.04 bits per heavy atom. The van der Waals surface area contributed by atoms with E-state index in [1.54, 1.807) is 6.33 Å². The second-order valence-electron chi connectivity index (χ2n) is 4.22. The van der Waals surface area contributed by atoms with E-state index >= 15 is 0 Å². The quantitative estimate of drug-likeness (QED) is 0.564. The smallest absolute Gasteiger partial charge is 0.134 e. The summed E-state index contributed by atoms with van der Waals surface area (Å²) < 4.78 is 5.67. The Hall–Kier alpha value is -1.52. The number of nitrogens with one attached hydrogen (secondary N) is 1. The summed E-state index contributed by atoms with van der Waals surface area (Å²) in [6.45, 7) is 10.6. The van der Waals surface area contributed by atoms with Gasteiger partial charge in [0.05, 0.1) is 17.5 Å². The summed E-state index contributed by atoms with van der Waals surface area (Å²) in [6.07, 6.45) is 1.55. The zero-order chi connectivity index (χ0) is 17.8. The molecule has 25 heavy (non-hydrogen) atoms. The van der Waals surface area contributed by atoms with Crippen molar-refractivity contribution in [3.05, 3.63) is 54.9 Å². The number of anilines is 2. The molecule has 0 aliphatic heterocycles. The van der Waals surface area contributed by atoms with Gasteiger partial charge in [-0.3, -0.25) is 0 Å². The van der Waals surface area contributed by atoms with E-state index in [1.807, 2.05) is 77.1 Å². The second-order valence-corrected chi connectivity index (χ2v) is 4.22. The number of nitrogens with zero attached hydrogens (tertiary/aromatic N) is 2. The number of benzene rings is 2. The molecule has 0 spiro atoms. The molecule has 0 aliphatic carbocycles. The van der Waals surface area contributed by atoms with Crippen LogP contribution in [0.15, 0.2) is 48.8 Å². The number of ether oxygens (including phenoxy) is 1. The third-order valence-electron chi connectivity index (χ3n) is 2.89. The van der Waals surface area contributed by atoms with E-state index in [2.05, 4.69) is 21.4 Å². The number of aromatic nitrogens is 2. The molecule has 5 heteroatoms.